The molecule has 0 aliphatic rings. The average Bonchev–Trinajstić information content (AvgIpc) is 2.89. The van der Waals surface area contributed by atoms with E-state index in [4.69, 9.17) is 27.9 Å². The number of carbonyl (C=O) groups is 1. The van der Waals surface area contributed by atoms with E-state index in [2.05, 4.69) is 5.18 Å². The van der Waals surface area contributed by atoms with Crippen LogP contribution in [0.15, 0.2) is 82.9 Å². The third-order valence-electron chi connectivity index (χ3n) is 6.44. The summed E-state index contributed by atoms with van der Waals surface area (Å²) < 4.78 is 22.3. The van der Waals surface area contributed by atoms with Crippen molar-refractivity contribution < 1.29 is 19.0 Å². The number of aryl methyl sites for hydroxylation is 2. The van der Waals surface area contributed by atoms with E-state index in [1.807, 2.05) is 13.0 Å². The number of carboxylic acids is 1. The second-order valence-electron chi connectivity index (χ2n) is 9.06. The molecule has 0 saturated carbocycles. The number of pyridine rings is 1. The minimum Gasteiger partial charge on any atom is -0.478 e. The van der Waals surface area contributed by atoms with Gasteiger partial charge in [-0.25, -0.2) is 9.18 Å². The van der Waals surface area contributed by atoms with Gasteiger partial charge in [-0.15, -0.1) is 0 Å². The highest BCUT2D eigenvalue weighted by Gasteiger charge is 2.25. The number of aromatic nitrogens is 1. The zero-order valence-electron chi connectivity index (χ0n) is 20.9. The summed E-state index contributed by atoms with van der Waals surface area (Å²) in [5.74, 6) is -2.40. The van der Waals surface area contributed by atoms with Gasteiger partial charge in [-0.2, -0.15) is 4.91 Å². The van der Waals surface area contributed by atoms with Crippen LogP contribution >= 0.6 is 23.2 Å². The molecule has 0 aliphatic heterocycles. The summed E-state index contributed by atoms with van der Waals surface area (Å²) in [5.41, 5.74) is 2.40. The van der Waals surface area contributed by atoms with Crippen LogP contribution in [0.4, 0.5) is 4.39 Å². The SMILES string of the molecule is Cc1cc(Cl)ccc1C(CC(N=O)c1ccc(=O)n(C)c1)c1ccc(Oc2ccc(Cl)c(C(=O)O)c2)c(F)c1. The lowest BCUT2D eigenvalue weighted by atomic mass is 9.82. The van der Waals surface area contributed by atoms with Crippen LogP contribution in [-0.2, 0) is 7.05 Å². The highest BCUT2D eigenvalue weighted by Crippen LogP contribution is 2.39. The minimum absolute atomic E-state index is 0.0312. The number of halogens is 3. The Morgan fingerprint density at radius 3 is 2.44 bits per heavy atom. The van der Waals surface area contributed by atoms with Crippen molar-refractivity contribution in [2.45, 2.75) is 25.3 Å². The molecule has 39 heavy (non-hydrogen) atoms. The average molecular weight is 569 g/mol. The summed E-state index contributed by atoms with van der Waals surface area (Å²) in [6, 6.07) is 15.9. The van der Waals surface area contributed by atoms with Crippen LogP contribution < -0.4 is 10.3 Å². The van der Waals surface area contributed by atoms with Crippen molar-refractivity contribution in [3.63, 3.8) is 0 Å². The third-order valence-corrected chi connectivity index (χ3v) is 7.01. The van der Waals surface area contributed by atoms with Crippen molar-refractivity contribution in [2.75, 3.05) is 0 Å². The number of carboxylic acid groups (broad SMARTS) is 1. The maximum absolute atomic E-state index is 15.3. The smallest absolute Gasteiger partial charge is 0.337 e. The van der Waals surface area contributed by atoms with Gasteiger partial charge in [0.1, 0.15) is 11.8 Å². The van der Waals surface area contributed by atoms with Crippen LogP contribution in [0.2, 0.25) is 10.0 Å². The lowest BCUT2D eigenvalue weighted by Crippen LogP contribution is -2.16. The van der Waals surface area contributed by atoms with Gasteiger partial charge in [0.15, 0.2) is 11.6 Å². The predicted molar refractivity (Wildman–Crippen MR) is 148 cm³/mol. The van der Waals surface area contributed by atoms with Gasteiger partial charge in [0.25, 0.3) is 0 Å². The monoisotopic (exact) mass is 568 g/mol. The molecular weight excluding hydrogens is 546 g/mol. The summed E-state index contributed by atoms with van der Waals surface area (Å²) in [7, 11) is 1.59. The Labute approximate surface area is 233 Å². The van der Waals surface area contributed by atoms with E-state index in [0.29, 0.717) is 16.1 Å². The second-order valence-corrected chi connectivity index (χ2v) is 9.90. The Kier molecular flexibility index (Phi) is 8.47. The standard InChI is InChI=1S/C29H23Cl2FN2O5/c1-16-11-19(30)5-7-21(16)22(14-26(33-38)18-4-10-28(35)34(2)15-18)17-3-9-27(25(32)12-17)39-20-6-8-24(31)23(13-20)29(36)37/h3-13,15,22,26H,14H2,1-2H3,(H,36,37). The number of benzene rings is 3. The number of nitroso groups, excluding NO2 is 1. The number of hydrogen-bond acceptors (Lipinski definition) is 5. The van der Waals surface area contributed by atoms with Crippen molar-refractivity contribution in [3.05, 3.63) is 132 Å². The number of rotatable bonds is 9. The molecule has 0 amide bonds. The summed E-state index contributed by atoms with van der Waals surface area (Å²) in [4.78, 5) is 35.2. The summed E-state index contributed by atoms with van der Waals surface area (Å²) in [5, 5.41) is 13.2. The molecular formula is C29H23Cl2FN2O5. The van der Waals surface area contributed by atoms with Gasteiger partial charge in [0.2, 0.25) is 5.56 Å². The molecule has 2 unspecified atom stereocenters. The van der Waals surface area contributed by atoms with Crippen LogP contribution in [0.25, 0.3) is 0 Å². The second kappa shape index (κ2) is 11.8. The number of hydrogen-bond donors (Lipinski definition) is 1. The van der Waals surface area contributed by atoms with Crippen LogP contribution in [-0.4, -0.2) is 15.6 Å². The predicted octanol–water partition coefficient (Wildman–Crippen LogP) is 7.66. The van der Waals surface area contributed by atoms with E-state index in [9.17, 15) is 19.6 Å². The third kappa shape index (κ3) is 6.35. The molecule has 10 heteroatoms. The normalized spacial score (nSPS) is 12.5. The Bertz CT molecular complexity index is 1620. The van der Waals surface area contributed by atoms with Crippen molar-refractivity contribution in [2.24, 2.45) is 12.2 Å². The molecule has 1 heterocycles. The Hall–Kier alpha value is -4.01. The van der Waals surface area contributed by atoms with Gasteiger partial charge < -0.3 is 14.4 Å². The maximum atomic E-state index is 15.3. The van der Waals surface area contributed by atoms with Crippen molar-refractivity contribution >= 4 is 29.2 Å². The first kappa shape index (κ1) is 28.0. The first-order chi connectivity index (χ1) is 18.6. The molecule has 1 aromatic heterocycles. The molecule has 7 nitrogen and oxygen atoms in total. The first-order valence-electron chi connectivity index (χ1n) is 11.8. The van der Waals surface area contributed by atoms with E-state index in [-0.39, 0.29) is 34.1 Å². The lowest BCUT2D eigenvalue weighted by molar-refractivity contribution is 0.0696. The van der Waals surface area contributed by atoms with Crippen molar-refractivity contribution in [3.8, 4) is 11.5 Å². The van der Waals surface area contributed by atoms with Crippen molar-refractivity contribution in [1.82, 2.24) is 4.57 Å². The lowest BCUT2D eigenvalue weighted by Gasteiger charge is -2.23. The molecule has 2 atom stereocenters. The van der Waals surface area contributed by atoms with Gasteiger partial charge >= 0.3 is 5.97 Å². The molecule has 4 aromatic rings. The number of nitrogens with zero attached hydrogens (tertiary/aromatic N) is 2. The summed E-state index contributed by atoms with van der Waals surface area (Å²) >= 11 is 12.1. The summed E-state index contributed by atoms with van der Waals surface area (Å²) in [6.07, 6.45) is 1.76. The minimum atomic E-state index is -1.24. The molecule has 0 spiro atoms. The van der Waals surface area contributed by atoms with E-state index < -0.39 is 23.7 Å². The summed E-state index contributed by atoms with van der Waals surface area (Å²) in [6.45, 7) is 1.87. The van der Waals surface area contributed by atoms with Crippen molar-refractivity contribution in [1.29, 1.82) is 0 Å². The molecule has 0 aliphatic carbocycles. The molecule has 0 bridgehead atoms. The molecule has 0 fully saturated rings. The Morgan fingerprint density at radius 1 is 1.05 bits per heavy atom. The Morgan fingerprint density at radius 2 is 1.79 bits per heavy atom. The largest absolute Gasteiger partial charge is 0.478 e. The molecule has 3 aromatic carbocycles. The van der Waals surface area contributed by atoms with Crippen LogP contribution in [0.3, 0.4) is 0 Å². The van der Waals surface area contributed by atoms with Crippen LogP contribution in [0.5, 0.6) is 11.5 Å². The van der Waals surface area contributed by atoms with E-state index >= 15 is 4.39 Å². The fraction of sp³-hybridized carbons (Fsp3) is 0.172. The van der Waals surface area contributed by atoms with Gasteiger partial charge in [-0.3, -0.25) is 4.79 Å². The first-order valence-corrected chi connectivity index (χ1v) is 12.6. The van der Waals surface area contributed by atoms with Gasteiger partial charge in [0, 0.05) is 30.3 Å². The molecule has 200 valence electrons. The highest BCUT2D eigenvalue weighted by atomic mass is 35.5. The van der Waals surface area contributed by atoms with Gasteiger partial charge in [-0.1, -0.05) is 40.5 Å². The zero-order valence-corrected chi connectivity index (χ0v) is 22.4. The maximum Gasteiger partial charge on any atom is 0.337 e. The molecule has 0 saturated heterocycles. The highest BCUT2D eigenvalue weighted by molar-refractivity contribution is 6.33. The molecule has 1 N–H and O–H groups in total. The van der Waals surface area contributed by atoms with Gasteiger partial charge in [0.05, 0.1) is 10.6 Å². The fourth-order valence-electron chi connectivity index (χ4n) is 4.42. The topological polar surface area (TPSA) is 98.0 Å². The van der Waals surface area contributed by atoms with E-state index in [1.54, 1.807) is 37.5 Å². The molecule has 4 rings (SSSR count). The number of ether oxygens (including phenoxy) is 1. The van der Waals surface area contributed by atoms with Gasteiger partial charge in [-0.05, 0) is 84.1 Å². The zero-order chi connectivity index (χ0) is 28.3. The quantitative estimate of drug-likeness (QED) is 0.209. The molecule has 0 radical (unpaired) electrons. The van der Waals surface area contributed by atoms with Crippen LogP contribution in [0.1, 0.15) is 51.0 Å². The fourth-order valence-corrected chi connectivity index (χ4v) is 4.85. The van der Waals surface area contributed by atoms with E-state index in [1.165, 1.54) is 41.0 Å². The number of aromatic carboxylic acids is 1. The van der Waals surface area contributed by atoms with Crippen LogP contribution in [0, 0.1) is 17.6 Å². The Balaban J connectivity index is 1.72. The van der Waals surface area contributed by atoms with E-state index in [0.717, 1.165) is 11.1 Å².